The highest BCUT2D eigenvalue weighted by Gasteiger charge is 2.60. The lowest BCUT2D eigenvalue weighted by Gasteiger charge is -2.51. The van der Waals surface area contributed by atoms with E-state index in [4.69, 9.17) is 71.1 Å². The minimum Gasteiger partial charge on any atom is -0.394 e. The van der Waals surface area contributed by atoms with Gasteiger partial charge in [-0.1, -0.05) is 0 Å². The summed E-state index contributed by atoms with van der Waals surface area (Å²) in [6, 6.07) is -7.12. The summed E-state index contributed by atoms with van der Waals surface area (Å²) >= 11 is 0. The number of nitrogens with one attached hydrogen (secondary N) is 4. The van der Waals surface area contributed by atoms with Crippen LogP contribution in [0, 0.1) is 0 Å². The van der Waals surface area contributed by atoms with Crippen molar-refractivity contribution < 1.29 is 203 Å². The summed E-state index contributed by atoms with van der Waals surface area (Å²) in [5.74, 6) is -3.44. The molecule has 8 saturated heterocycles. The fraction of sp³-hybridized carbons (Fsp3) is 0.929. The predicted molar refractivity (Wildman–Crippen MR) is 311 cm³/mol. The number of aliphatic hydroxyl groups excluding tert-OH is 22. The van der Waals surface area contributed by atoms with Crippen LogP contribution >= 0.6 is 0 Å². The highest BCUT2D eigenvalue weighted by atomic mass is 16.8. The number of aliphatic hydroxyl groups is 22. The van der Waals surface area contributed by atoms with Crippen LogP contribution in [0.15, 0.2) is 0 Å². The zero-order valence-corrected chi connectivity index (χ0v) is 54.3. The average Bonchev–Trinajstić information content (AvgIpc) is 0.761. The molecule has 4 amide bonds. The van der Waals surface area contributed by atoms with Gasteiger partial charge in [-0.05, 0) is 0 Å². The van der Waals surface area contributed by atoms with Crippen LogP contribution < -0.4 is 21.3 Å². The molecular weight excluding hydrogens is 1380 g/mol. The van der Waals surface area contributed by atoms with E-state index in [1.54, 1.807) is 0 Å². The molecule has 0 unspecified atom stereocenters. The number of amides is 4. The van der Waals surface area contributed by atoms with Crippen molar-refractivity contribution in [3.8, 4) is 0 Å². The Morgan fingerprint density at radius 1 is 0.257 bits per heavy atom. The lowest BCUT2D eigenvalue weighted by atomic mass is 9.93. The molecule has 0 aliphatic carbocycles. The second-order valence-electron chi connectivity index (χ2n) is 25.4. The molecule has 40 atom stereocenters. The molecule has 0 aromatic heterocycles. The number of rotatable bonds is 26. The Bertz CT molecular complexity index is 2640. The molecule has 0 spiro atoms. The molecule has 26 N–H and O–H groups in total. The largest absolute Gasteiger partial charge is 0.394 e. The maximum absolute atomic E-state index is 12.9. The first-order valence-electron chi connectivity index (χ1n) is 32.1. The molecule has 0 aromatic rings. The first-order valence-corrected chi connectivity index (χ1v) is 32.1. The summed E-state index contributed by atoms with van der Waals surface area (Å²) in [4.78, 5) is 50.2. The number of ether oxygens (including phenoxy) is 15. The average molecular weight is 1480 g/mol. The molecule has 0 saturated carbocycles. The van der Waals surface area contributed by atoms with E-state index in [1.807, 2.05) is 0 Å². The van der Waals surface area contributed by atoms with Crippen LogP contribution in [0.1, 0.15) is 27.7 Å². The standard InChI is InChI=1S/C56H94N4O41/c1-13(68)57-25-36(79)43(21(9-65)88-49(25)86)96-52-28(60-16(4)71)37(80)44(22(10-66)93-52)98-55-42(85)47(33(76)24(95-55)12-87-53-41(84)46(32(75)20(8-64)91-53)99-54-39(82)38(81)31(74)19(7-63)92-54)100-56-48(101-51-27(59-15(3)70)35(78)30(73)18(6-62)90-51)40(83)45(23(11-67)94-56)97-50-26(58-14(2)69)34(77)29(72)17(5-61)89-50/h17-56,61-67,72-86H,5-12H2,1-4H3,(H,57,68)(H,58,69)(H,59,70)(H,60,71)/t17-,18-,19-,20-,21-,22-,23-,24-,25-,26-,27-,28-,29-,30-,31-,32-,33-,34-,35-,36-,37-,38+,39+,40+,41+,42+,43-,44-,45-,46+,47+,48+,49-,50+,51+,52+,53+,54-,55+,56-/m1/s1. The van der Waals surface area contributed by atoms with Crippen LogP contribution in [0.5, 0.6) is 0 Å². The molecule has 0 bridgehead atoms. The SMILES string of the molecule is CC(=O)N[C@@H]1[C@@H](O)[C@H](O[C@@H]2O[C@H](CO)[C@@H](O[C@@H]3O[C@H](CO[C@H]4O[C@H](CO)[C@@H](O)[C@H](O[C@H]5O[C@H](CO)[C@@H](O)[C@H](O)[C@@H]5O)[C@@H]4O)[C@@H](O)[C@H](O[C@H]4O[C@H](CO)[C@@H](O[C@@H]5O[C@H](CO)[C@@H](O)[C@H](O)[C@H]5NC(C)=O)[C@H](O)[C@@H]4O[C@@H]4O[C@H](CO)[C@@H](O)[C@H](O)[C@H]4NC(C)=O)[C@@H]3O)[C@H](O)[C@H]2NC(C)=O)[C@@H](CO)O[C@H]1O. The van der Waals surface area contributed by atoms with E-state index >= 15 is 0 Å². The van der Waals surface area contributed by atoms with E-state index in [9.17, 15) is 132 Å². The van der Waals surface area contributed by atoms with Crippen LogP contribution in [-0.4, -0.2) is 434 Å². The summed E-state index contributed by atoms with van der Waals surface area (Å²) < 4.78 is 88.7. The van der Waals surface area contributed by atoms with Crippen molar-refractivity contribution in [1.29, 1.82) is 0 Å². The number of hydrogen-bond acceptors (Lipinski definition) is 41. The molecule has 101 heavy (non-hydrogen) atoms. The van der Waals surface area contributed by atoms with E-state index < -0.39 is 322 Å². The quantitative estimate of drug-likeness (QED) is 0.0382. The maximum atomic E-state index is 12.9. The third-order valence-electron chi connectivity index (χ3n) is 18.2. The monoisotopic (exact) mass is 1480 g/mol. The Labute approximate surface area is 572 Å². The number of hydrogen-bond donors (Lipinski definition) is 26. The smallest absolute Gasteiger partial charge is 0.217 e. The van der Waals surface area contributed by atoms with E-state index in [0.29, 0.717) is 0 Å². The third kappa shape index (κ3) is 18.5. The molecule has 0 radical (unpaired) electrons. The second kappa shape index (κ2) is 36.3. The summed E-state index contributed by atoms with van der Waals surface area (Å²) in [5.41, 5.74) is 0. The van der Waals surface area contributed by atoms with Gasteiger partial charge in [0.25, 0.3) is 0 Å². The van der Waals surface area contributed by atoms with E-state index in [-0.39, 0.29) is 0 Å². The highest BCUT2D eigenvalue weighted by molar-refractivity contribution is 5.74. The molecule has 45 heteroatoms. The summed E-state index contributed by atoms with van der Waals surface area (Å²) in [7, 11) is 0. The lowest BCUT2D eigenvalue weighted by molar-refractivity contribution is -0.402. The topological polar surface area (TPSA) is 700 Å². The van der Waals surface area contributed by atoms with Crippen molar-refractivity contribution in [2.24, 2.45) is 0 Å². The first-order chi connectivity index (χ1) is 47.8. The van der Waals surface area contributed by atoms with E-state index in [1.165, 1.54) is 0 Å². The molecule has 8 aliphatic rings. The Balaban J connectivity index is 1.17. The third-order valence-corrected chi connectivity index (χ3v) is 18.2. The Kier molecular flexibility index (Phi) is 29.9. The van der Waals surface area contributed by atoms with E-state index in [2.05, 4.69) is 21.3 Å². The Morgan fingerprint density at radius 3 is 1.00 bits per heavy atom. The molecule has 8 aliphatic heterocycles. The fourth-order valence-corrected chi connectivity index (χ4v) is 13.0. The zero-order valence-electron chi connectivity index (χ0n) is 54.3. The zero-order chi connectivity index (χ0) is 74.5. The van der Waals surface area contributed by atoms with Crippen LogP contribution in [0.25, 0.3) is 0 Å². The first kappa shape index (κ1) is 83.0. The molecular formula is C56H94N4O41. The lowest BCUT2D eigenvalue weighted by Crippen LogP contribution is -2.71. The van der Waals surface area contributed by atoms with Gasteiger partial charge < -0.3 is 205 Å². The van der Waals surface area contributed by atoms with Crippen molar-refractivity contribution in [3.05, 3.63) is 0 Å². The van der Waals surface area contributed by atoms with Gasteiger partial charge >= 0.3 is 0 Å². The normalized spacial score (nSPS) is 48.3. The molecule has 8 fully saturated rings. The number of carbonyl (C=O) groups excluding carboxylic acids is 4. The van der Waals surface area contributed by atoms with Crippen LogP contribution in [0.2, 0.25) is 0 Å². The van der Waals surface area contributed by atoms with Gasteiger partial charge in [-0.3, -0.25) is 19.2 Å². The fourth-order valence-electron chi connectivity index (χ4n) is 13.0. The summed E-state index contributed by atoms with van der Waals surface area (Å²) in [6.45, 7) is -4.65. The van der Waals surface area contributed by atoms with Gasteiger partial charge in [-0.15, -0.1) is 0 Å². The van der Waals surface area contributed by atoms with Crippen LogP contribution in [-0.2, 0) is 90.2 Å². The number of carbonyl (C=O) groups is 4. The van der Waals surface area contributed by atoms with Gasteiger partial charge in [0.1, 0.15) is 195 Å². The summed E-state index contributed by atoms with van der Waals surface area (Å²) in [6.07, 6.45) is -74.1. The van der Waals surface area contributed by atoms with Crippen molar-refractivity contribution in [2.75, 3.05) is 52.9 Å². The molecule has 45 nitrogen and oxygen atoms in total. The molecule has 8 rings (SSSR count). The van der Waals surface area contributed by atoms with Crippen molar-refractivity contribution in [3.63, 3.8) is 0 Å². The van der Waals surface area contributed by atoms with Gasteiger partial charge in [0.2, 0.25) is 23.6 Å². The van der Waals surface area contributed by atoms with Crippen molar-refractivity contribution >= 4 is 23.6 Å². The van der Waals surface area contributed by atoms with Crippen LogP contribution in [0.4, 0.5) is 0 Å². The minimum absolute atomic E-state index is 0.773. The van der Waals surface area contributed by atoms with Gasteiger partial charge in [0.05, 0.1) is 52.9 Å². The highest BCUT2D eigenvalue weighted by Crippen LogP contribution is 2.39. The van der Waals surface area contributed by atoms with E-state index in [0.717, 1.165) is 27.7 Å². The Hall–Kier alpha value is -3.60. The van der Waals surface area contributed by atoms with Crippen LogP contribution in [0.3, 0.4) is 0 Å². The Morgan fingerprint density at radius 2 is 0.545 bits per heavy atom. The van der Waals surface area contributed by atoms with Gasteiger partial charge in [-0.2, -0.15) is 0 Å². The van der Waals surface area contributed by atoms with Crippen molar-refractivity contribution in [2.45, 2.75) is 273 Å². The molecule has 8 heterocycles. The predicted octanol–water partition coefficient (Wildman–Crippen LogP) is -17.9. The maximum Gasteiger partial charge on any atom is 0.217 e. The second-order valence-corrected chi connectivity index (χ2v) is 25.4. The molecule has 0 aromatic carbocycles. The molecule has 584 valence electrons. The van der Waals surface area contributed by atoms with Gasteiger partial charge in [-0.25, -0.2) is 0 Å². The van der Waals surface area contributed by atoms with Gasteiger partial charge in [0, 0.05) is 27.7 Å². The van der Waals surface area contributed by atoms with Crippen molar-refractivity contribution in [1.82, 2.24) is 21.3 Å². The van der Waals surface area contributed by atoms with Gasteiger partial charge in [0.15, 0.2) is 50.3 Å². The summed E-state index contributed by atoms with van der Waals surface area (Å²) in [5, 5.41) is 253. The minimum atomic E-state index is -2.55.